The summed E-state index contributed by atoms with van der Waals surface area (Å²) in [6.45, 7) is 6.16. The molecule has 1 saturated heterocycles. The summed E-state index contributed by atoms with van der Waals surface area (Å²) in [6.07, 6.45) is -0.841. The van der Waals surface area contributed by atoms with E-state index in [2.05, 4.69) is 10.6 Å². The lowest BCUT2D eigenvalue weighted by molar-refractivity contribution is -0.122. The molecule has 5 aromatic rings. The zero-order valence-corrected chi connectivity index (χ0v) is 30.7. The summed E-state index contributed by atoms with van der Waals surface area (Å²) >= 11 is 1.63. The molecule has 0 saturated carbocycles. The SMILES string of the molecule is CCC(Oc1ccc(C)cc1C)C(=O)Nc1ccc(Oc2cc(NC(=O)c3ccc(C(=O)O)cc3)c(O)c3ccccc23)c(COC(=O)N2CCSC2)c1. The van der Waals surface area contributed by atoms with Gasteiger partial charge in [0.05, 0.1) is 17.1 Å². The molecule has 0 bridgehead atoms. The summed E-state index contributed by atoms with van der Waals surface area (Å²) in [7, 11) is 0. The smallest absolute Gasteiger partial charge is 0.410 e. The van der Waals surface area contributed by atoms with Gasteiger partial charge in [0.25, 0.3) is 11.8 Å². The van der Waals surface area contributed by atoms with Crippen LogP contribution in [0.2, 0.25) is 0 Å². The highest BCUT2D eigenvalue weighted by molar-refractivity contribution is 7.99. The highest BCUT2D eigenvalue weighted by Gasteiger charge is 2.23. The van der Waals surface area contributed by atoms with Crippen LogP contribution in [0.15, 0.2) is 91.0 Å². The van der Waals surface area contributed by atoms with Crippen LogP contribution in [0.3, 0.4) is 0 Å². The molecule has 0 spiro atoms. The molecule has 1 unspecified atom stereocenters. The van der Waals surface area contributed by atoms with Crippen molar-refractivity contribution in [3.05, 3.63) is 119 Å². The van der Waals surface area contributed by atoms with Crippen LogP contribution in [0, 0.1) is 13.8 Å². The molecule has 54 heavy (non-hydrogen) atoms. The van der Waals surface area contributed by atoms with Gasteiger partial charge in [0.15, 0.2) is 6.10 Å². The van der Waals surface area contributed by atoms with Crippen LogP contribution in [-0.4, -0.2) is 63.3 Å². The van der Waals surface area contributed by atoms with Crippen LogP contribution < -0.4 is 20.1 Å². The molecule has 1 aliphatic rings. The van der Waals surface area contributed by atoms with E-state index in [1.807, 2.05) is 39.0 Å². The second-order valence-corrected chi connectivity index (χ2v) is 13.8. The summed E-state index contributed by atoms with van der Waals surface area (Å²) in [5, 5.41) is 27.0. The van der Waals surface area contributed by atoms with Crippen LogP contribution in [0.1, 0.15) is 50.8 Å². The number of ether oxygens (including phenoxy) is 3. The Morgan fingerprint density at radius 2 is 1.57 bits per heavy atom. The Morgan fingerprint density at radius 1 is 0.852 bits per heavy atom. The number of phenolic OH excluding ortho intramolecular Hbond substituents is 1. The van der Waals surface area contributed by atoms with Gasteiger partial charge in [-0.05, 0) is 74.4 Å². The van der Waals surface area contributed by atoms with Gasteiger partial charge in [-0.15, -0.1) is 11.8 Å². The summed E-state index contributed by atoms with van der Waals surface area (Å²) in [5.74, 6) is 0.269. The number of thioether (sulfide) groups is 1. The molecule has 278 valence electrons. The Labute approximate surface area is 316 Å². The second kappa shape index (κ2) is 16.6. The van der Waals surface area contributed by atoms with Crippen LogP contribution in [-0.2, 0) is 16.1 Å². The minimum atomic E-state index is -1.12. The van der Waals surface area contributed by atoms with Gasteiger partial charge in [-0.2, -0.15) is 0 Å². The van der Waals surface area contributed by atoms with E-state index in [0.29, 0.717) is 52.4 Å². The highest BCUT2D eigenvalue weighted by atomic mass is 32.2. The number of nitrogens with zero attached hydrogens (tertiary/aromatic N) is 1. The molecule has 13 heteroatoms. The number of aromatic hydroxyl groups is 1. The lowest BCUT2D eigenvalue weighted by atomic mass is 10.1. The number of rotatable bonds is 12. The van der Waals surface area contributed by atoms with E-state index in [-0.39, 0.29) is 40.8 Å². The van der Waals surface area contributed by atoms with Gasteiger partial charge in [0, 0.05) is 46.0 Å². The first-order valence-corrected chi connectivity index (χ1v) is 18.4. The van der Waals surface area contributed by atoms with E-state index in [4.69, 9.17) is 14.2 Å². The fourth-order valence-corrected chi connectivity index (χ4v) is 6.81. The van der Waals surface area contributed by atoms with Crippen molar-refractivity contribution in [2.24, 2.45) is 0 Å². The third kappa shape index (κ3) is 8.69. The first-order valence-electron chi connectivity index (χ1n) is 17.2. The number of fused-ring (bicyclic) bond motifs is 1. The summed E-state index contributed by atoms with van der Waals surface area (Å²) in [5.41, 5.74) is 3.13. The molecular formula is C41H39N3O9S. The molecule has 0 aromatic heterocycles. The third-order valence-electron chi connectivity index (χ3n) is 8.79. The lowest BCUT2D eigenvalue weighted by Gasteiger charge is -2.20. The van der Waals surface area contributed by atoms with Gasteiger partial charge in [-0.3, -0.25) is 14.5 Å². The highest BCUT2D eigenvalue weighted by Crippen LogP contribution is 2.42. The van der Waals surface area contributed by atoms with Crippen molar-refractivity contribution in [3.63, 3.8) is 0 Å². The van der Waals surface area contributed by atoms with Crippen LogP contribution in [0.25, 0.3) is 10.8 Å². The zero-order chi connectivity index (χ0) is 38.4. The average Bonchev–Trinajstić information content (AvgIpc) is 3.72. The molecule has 1 heterocycles. The maximum Gasteiger partial charge on any atom is 0.410 e. The average molecular weight is 750 g/mol. The standard InChI is InChI=1S/C41H39N3O9S/c1-4-33(52-34-15-9-24(2)19-25(34)3)39(47)42-29-14-16-35(28(20-29)22-51-41(50)44-17-18-54-23-44)53-36-21-32(37(45)31-8-6-5-7-30(31)36)43-38(46)26-10-12-27(13-11-26)40(48)49/h5-16,19-21,33,45H,4,17-18,22-23H2,1-3H3,(H,42,47)(H,43,46)(H,48,49). The monoisotopic (exact) mass is 749 g/mol. The minimum Gasteiger partial charge on any atom is -0.505 e. The van der Waals surface area contributed by atoms with Gasteiger partial charge in [-0.1, -0.05) is 48.9 Å². The summed E-state index contributed by atoms with van der Waals surface area (Å²) in [6, 6.07) is 24.5. The second-order valence-electron chi connectivity index (χ2n) is 12.7. The Balaban J connectivity index is 1.29. The molecule has 3 amide bonds. The van der Waals surface area contributed by atoms with Gasteiger partial charge in [0.2, 0.25) is 0 Å². The number of carbonyl (C=O) groups excluding carboxylic acids is 3. The number of hydrogen-bond acceptors (Lipinski definition) is 9. The van der Waals surface area contributed by atoms with E-state index >= 15 is 0 Å². The van der Waals surface area contributed by atoms with Gasteiger partial charge in [0.1, 0.15) is 29.6 Å². The number of nitrogens with one attached hydrogen (secondary N) is 2. The van der Waals surface area contributed by atoms with Gasteiger partial charge < -0.3 is 35.1 Å². The first-order chi connectivity index (χ1) is 26.0. The Morgan fingerprint density at radius 3 is 2.26 bits per heavy atom. The first kappa shape index (κ1) is 37.5. The van der Waals surface area contributed by atoms with Gasteiger partial charge in [-0.25, -0.2) is 9.59 Å². The van der Waals surface area contributed by atoms with Crippen molar-refractivity contribution in [1.82, 2.24) is 4.90 Å². The topological polar surface area (TPSA) is 164 Å². The molecule has 1 fully saturated rings. The quantitative estimate of drug-likeness (QED) is 0.0912. The van der Waals surface area contributed by atoms with E-state index in [0.717, 1.165) is 16.9 Å². The van der Waals surface area contributed by atoms with Crippen LogP contribution in [0.4, 0.5) is 16.2 Å². The molecule has 1 atom stereocenters. The Hall–Kier alpha value is -6.21. The number of carboxylic acids is 1. The van der Waals surface area contributed by atoms with Crippen molar-refractivity contribution < 1.29 is 43.6 Å². The number of benzene rings is 5. The predicted molar refractivity (Wildman–Crippen MR) is 207 cm³/mol. The van der Waals surface area contributed by atoms with Crippen molar-refractivity contribution in [2.45, 2.75) is 39.9 Å². The largest absolute Gasteiger partial charge is 0.505 e. The van der Waals surface area contributed by atoms with E-state index < -0.39 is 24.1 Å². The molecule has 0 aliphatic carbocycles. The molecule has 5 aromatic carbocycles. The van der Waals surface area contributed by atoms with Crippen LogP contribution >= 0.6 is 11.8 Å². The van der Waals surface area contributed by atoms with Crippen molar-refractivity contribution in [3.8, 4) is 23.0 Å². The summed E-state index contributed by atoms with van der Waals surface area (Å²) in [4.78, 5) is 52.4. The molecule has 12 nitrogen and oxygen atoms in total. The molecular weight excluding hydrogens is 711 g/mol. The van der Waals surface area contributed by atoms with Crippen molar-refractivity contribution in [2.75, 3.05) is 28.8 Å². The normalized spacial score (nSPS) is 12.9. The van der Waals surface area contributed by atoms with Crippen LogP contribution in [0.5, 0.6) is 23.0 Å². The number of hydrogen-bond donors (Lipinski definition) is 4. The van der Waals surface area contributed by atoms with Crippen molar-refractivity contribution >= 4 is 57.8 Å². The molecule has 1 aliphatic heterocycles. The maximum absolute atomic E-state index is 13.5. The van der Waals surface area contributed by atoms with Crippen molar-refractivity contribution in [1.29, 1.82) is 0 Å². The molecule has 0 radical (unpaired) electrons. The Bertz CT molecular complexity index is 2220. The third-order valence-corrected chi connectivity index (χ3v) is 9.76. The Kier molecular flexibility index (Phi) is 11.6. The number of carboxylic acid groups (broad SMARTS) is 1. The number of amides is 3. The number of phenols is 1. The van der Waals surface area contributed by atoms with E-state index in [1.165, 1.54) is 30.3 Å². The molecule has 4 N–H and O–H groups in total. The van der Waals surface area contributed by atoms with E-state index in [1.54, 1.807) is 59.1 Å². The fraction of sp³-hybridized carbons (Fsp3) is 0.220. The number of carbonyl (C=O) groups is 4. The van der Waals surface area contributed by atoms with E-state index in [9.17, 15) is 29.4 Å². The lowest BCUT2D eigenvalue weighted by Crippen LogP contribution is -2.32. The molecule has 6 rings (SSSR count). The predicted octanol–water partition coefficient (Wildman–Crippen LogP) is 8.34. The number of anilines is 2. The number of aryl methyl sites for hydroxylation is 2. The van der Waals surface area contributed by atoms with Gasteiger partial charge >= 0.3 is 12.1 Å². The zero-order valence-electron chi connectivity index (χ0n) is 29.9. The summed E-state index contributed by atoms with van der Waals surface area (Å²) < 4.78 is 18.3. The fourth-order valence-electron chi connectivity index (χ4n) is 5.87. The maximum atomic E-state index is 13.5. The number of aromatic carboxylic acids is 1. The minimum absolute atomic E-state index is 0.0259.